The first-order valence-corrected chi connectivity index (χ1v) is 3.66. The number of nitrogens with one attached hydrogen (secondary N) is 1. The van der Waals surface area contributed by atoms with Crippen molar-refractivity contribution in [3.05, 3.63) is 12.2 Å². The van der Waals surface area contributed by atoms with Crippen molar-refractivity contribution >= 4 is 0 Å². The Kier molecular flexibility index (Phi) is 2.53. The number of rotatable bonds is 4. The second kappa shape index (κ2) is 3.43. The van der Waals surface area contributed by atoms with Crippen LogP contribution in [0, 0.1) is 18.3 Å². The fraction of sp³-hybridized carbons (Fsp3) is 0.556. The van der Waals surface area contributed by atoms with Crippen LogP contribution in [0.5, 0.6) is 0 Å². The molecule has 1 nitrogen and oxygen atoms in total. The van der Waals surface area contributed by atoms with Crippen LogP contribution in [0.15, 0.2) is 12.2 Å². The molecule has 0 heterocycles. The lowest BCUT2D eigenvalue weighted by Crippen LogP contribution is -2.17. The first-order valence-electron chi connectivity index (χ1n) is 3.66. The summed E-state index contributed by atoms with van der Waals surface area (Å²) in [6, 6.07) is 0. The van der Waals surface area contributed by atoms with Gasteiger partial charge in [0.2, 0.25) is 0 Å². The van der Waals surface area contributed by atoms with E-state index in [-0.39, 0.29) is 0 Å². The van der Waals surface area contributed by atoms with Crippen LogP contribution in [0.3, 0.4) is 0 Å². The molecule has 1 N–H and O–H groups in total. The SMILES string of the molecule is C#CCNCC(=C)C1CC1. The molecule has 0 radical (unpaired) electrons. The molecular formula is C9H13N. The highest BCUT2D eigenvalue weighted by Crippen LogP contribution is 2.34. The molecule has 1 rings (SSSR count). The van der Waals surface area contributed by atoms with Crippen LogP contribution in [-0.4, -0.2) is 13.1 Å². The highest BCUT2D eigenvalue weighted by molar-refractivity contribution is 5.09. The van der Waals surface area contributed by atoms with Crippen molar-refractivity contribution in [1.29, 1.82) is 0 Å². The van der Waals surface area contributed by atoms with Crippen LogP contribution in [-0.2, 0) is 0 Å². The first kappa shape index (κ1) is 7.37. The minimum Gasteiger partial charge on any atom is -0.302 e. The molecule has 0 aromatic rings. The third kappa shape index (κ3) is 2.24. The van der Waals surface area contributed by atoms with E-state index < -0.39 is 0 Å². The maximum absolute atomic E-state index is 5.06. The van der Waals surface area contributed by atoms with Gasteiger partial charge in [-0.05, 0) is 18.8 Å². The Morgan fingerprint density at radius 2 is 2.40 bits per heavy atom. The minimum absolute atomic E-state index is 0.658. The molecule has 0 spiro atoms. The standard InChI is InChI=1S/C9H13N/c1-3-6-10-7-8(2)9-4-5-9/h1,9-10H,2,4-7H2. The number of terminal acetylenes is 1. The fourth-order valence-corrected chi connectivity index (χ4v) is 0.931. The van der Waals surface area contributed by atoms with Crippen LogP contribution in [0.4, 0.5) is 0 Å². The average Bonchev–Trinajstić information content (AvgIpc) is 2.69. The normalized spacial score (nSPS) is 16.3. The lowest BCUT2D eigenvalue weighted by molar-refractivity contribution is 0.783. The molecule has 1 heteroatoms. The predicted molar refractivity (Wildman–Crippen MR) is 43.6 cm³/mol. The maximum Gasteiger partial charge on any atom is 0.0576 e. The molecule has 0 atom stereocenters. The van der Waals surface area contributed by atoms with Crippen LogP contribution in [0.25, 0.3) is 0 Å². The highest BCUT2D eigenvalue weighted by Gasteiger charge is 2.23. The first-order chi connectivity index (χ1) is 4.84. The van der Waals surface area contributed by atoms with Crippen molar-refractivity contribution in [2.24, 2.45) is 5.92 Å². The van der Waals surface area contributed by atoms with Gasteiger partial charge in [-0.3, -0.25) is 0 Å². The monoisotopic (exact) mass is 135 g/mol. The van der Waals surface area contributed by atoms with Gasteiger partial charge in [-0.2, -0.15) is 0 Å². The third-order valence-electron chi connectivity index (χ3n) is 1.73. The van der Waals surface area contributed by atoms with E-state index in [0.717, 1.165) is 12.5 Å². The zero-order valence-corrected chi connectivity index (χ0v) is 6.19. The van der Waals surface area contributed by atoms with Gasteiger partial charge in [0.25, 0.3) is 0 Å². The molecular weight excluding hydrogens is 122 g/mol. The zero-order chi connectivity index (χ0) is 7.40. The summed E-state index contributed by atoms with van der Waals surface area (Å²) in [6.45, 7) is 5.51. The molecule has 1 aliphatic rings. The van der Waals surface area contributed by atoms with Gasteiger partial charge in [0.05, 0.1) is 6.54 Å². The Bertz CT molecular complexity index is 160. The van der Waals surface area contributed by atoms with E-state index in [1.165, 1.54) is 18.4 Å². The fourth-order valence-electron chi connectivity index (χ4n) is 0.931. The van der Waals surface area contributed by atoms with Crippen molar-refractivity contribution in [1.82, 2.24) is 5.32 Å². The van der Waals surface area contributed by atoms with Gasteiger partial charge >= 0.3 is 0 Å². The van der Waals surface area contributed by atoms with E-state index in [2.05, 4.69) is 17.8 Å². The Morgan fingerprint density at radius 1 is 1.70 bits per heavy atom. The summed E-state index contributed by atoms with van der Waals surface area (Å²) < 4.78 is 0. The number of hydrogen-bond acceptors (Lipinski definition) is 1. The van der Waals surface area contributed by atoms with E-state index in [1.807, 2.05) is 0 Å². The van der Waals surface area contributed by atoms with Gasteiger partial charge in [0, 0.05) is 6.54 Å². The molecule has 0 amide bonds. The van der Waals surface area contributed by atoms with Crippen molar-refractivity contribution < 1.29 is 0 Å². The average molecular weight is 135 g/mol. The van der Waals surface area contributed by atoms with Gasteiger partial charge in [0.15, 0.2) is 0 Å². The van der Waals surface area contributed by atoms with Crippen LogP contribution >= 0.6 is 0 Å². The van der Waals surface area contributed by atoms with Gasteiger partial charge < -0.3 is 5.32 Å². The van der Waals surface area contributed by atoms with Gasteiger partial charge in [-0.15, -0.1) is 6.42 Å². The van der Waals surface area contributed by atoms with Crippen molar-refractivity contribution in [3.63, 3.8) is 0 Å². The topological polar surface area (TPSA) is 12.0 Å². The molecule has 0 aromatic heterocycles. The summed E-state index contributed by atoms with van der Waals surface area (Å²) in [6.07, 6.45) is 7.72. The summed E-state index contributed by atoms with van der Waals surface area (Å²) >= 11 is 0. The van der Waals surface area contributed by atoms with Crippen molar-refractivity contribution in [2.75, 3.05) is 13.1 Å². The summed E-state index contributed by atoms with van der Waals surface area (Å²) in [5, 5.41) is 3.12. The molecule has 0 unspecified atom stereocenters. The zero-order valence-electron chi connectivity index (χ0n) is 6.19. The molecule has 0 aliphatic heterocycles. The minimum atomic E-state index is 0.658. The predicted octanol–water partition coefficient (Wildman–Crippen LogP) is 1.18. The molecule has 0 aromatic carbocycles. The molecule has 0 bridgehead atoms. The van der Waals surface area contributed by atoms with Crippen LogP contribution < -0.4 is 5.32 Å². The van der Waals surface area contributed by atoms with Gasteiger partial charge in [-0.1, -0.05) is 18.1 Å². The van der Waals surface area contributed by atoms with Crippen LogP contribution in [0.2, 0.25) is 0 Å². The Labute approximate surface area is 62.5 Å². The molecule has 0 saturated heterocycles. The van der Waals surface area contributed by atoms with E-state index in [0.29, 0.717) is 6.54 Å². The van der Waals surface area contributed by atoms with Crippen LogP contribution in [0.1, 0.15) is 12.8 Å². The summed E-state index contributed by atoms with van der Waals surface area (Å²) in [4.78, 5) is 0. The number of hydrogen-bond donors (Lipinski definition) is 1. The second-order valence-corrected chi connectivity index (χ2v) is 2.74. The largest absolute Gasteiger partial charge is 0.302 e. The summed E-state index contributed by atoms with van der Waals surface area (Å²) in [5.74, 6) is 3.33. The smallest absolute Gasteiger partial charge is 0.0576 e. The Balaban J connectivity index is 2.02. The molecule has 1 aliphatic carbocycles. The van der Waals surface area contributed by atoms with Crippen molar-refractivity contribution in [3.8, 4) is 12.3 Å². The Morgan fingerprint density at radius 3 is 2.90 bits per heavy atom. The van der Waals surface area contributed by atoms with E-state index >= 15 is 0 Å². The molecule has 54 valence electrons. The van der Waals surface area contributed by atoms with E-state index in [9.17, 15) is 0 Å². The Hall–Kier alpha value is -0.740. The summed E-state index contributed by atoms with van der Waals surface area (Å²) in [5.41, 5.74) is 1.32. The molecule has 10 heavy (non-hydrogen) atoms. The second-order valence-electron chi connectivity index (χ2n) is 2.74. The molecule has 1 saturated carbocycles. The van der Waals surface area contributed by atoms with Gasteiger partial charge in [-0.25, -0.2) is 0 Å². The molecule has 1 fully saturated rings. The lowest BCUT2D eigenvalue weighted by atomic mass is 10.2. The third-order valence-corrected chi connectivity index (χ3v) is 1.73. The highest BCUT2D eigenvalue weighted by atomic mass is 14.8. The van der Waals surface area contributed by atoms with E-state index in [4.69, 9.17) is 6.42 Å². The lowest BCUT2D eigenvalue weighted by Gasteiger charge is -2.01. The quantitative estimate of drug-likeness (QED) is 0.347. The van der Waals surface area contributed by atoms with Crippen molar-refractivity contribution in [2.45, 2.75) is 12.8 Å². The maximum atomic E-state index is 5.06. The van der Waals surface area contributed by atoms with Gasteiger partial charge in [0.1, 0.15) is 0 Å². The summed E-state index contributed by atoms with van der Waals surface area (Å²) in [7, 11) is 0. The van der Waals surface area contributed by atoms with E-state index in [1.54, 1.807) is 0 Å².